The Morgan fingerprint density at radius 1 is 1.31 bits per heavy atom. The smallest absolute Gasteiger partial charge is 0.335 e. The third-order valence-electron chi connectivity index (χ3n) is 3.00. The maximum absolute atomic E-state index is 11.1. The lowest BCUT2D eigenvalue weighted by Crippen LogP contribution is -2.42. The highest BCUT2D eigenvalue weighted by molar-refractivity contribution is 5.89. The fourth-order valence-electron chi connectivity index (χ4n) is 2.06. The van der Waals surface area contributed by atoms with Crippen LogP contribution in [0.1, 0.15) is 27.9 Å². The Hall–Kier alpha value is -1.88. The zero-order valence-electron chi connectivity index (χ0n) is 8.43. The molecule has 1 atom stereocenters. The van der Waals surface area contributed by atoms with Crippen LogP contribution in [0.4, 0.5) is 0 Å². The topological polar surface area (TPSA) is 101 Å². The molecule has 0 spiro atoms. The zero-order valence-corrected chi connectivity index (χ0v) is 8.43. The van der Waals surface area contributed by atoms with Crippen LogP contribution >= 0.6 is 0 Å². The van der Waals surface area contributed by atoms with Gasteiger partial charge < -0.3 is 15.9 Å². The molecule has 0 saturated heterocycles. The van der Waals surface area contributed by atoms with Crippen LogP contribution in [0, 0.1) is 0 Å². The minimum absolute atomic E-state index is 0.161. The number of carboxylic acid groups (broad SMARTS) is 2. The Kier molecular flexibility index (Phi) is 2.20. The van der Waals surface area contributed by atoms with Crippen LogP contribution in [0.5, 0.6) is 0 Å². The molecule has 0 fully saturated rings. The van der Waals surface area contributed by atoms with Crippen molar-refractivity contribution in [3.8, 4) is 0 Å². The van der Waals surface area contributed by atoms with Crippen molar-refractivity contribution in [2.45, 2.75) is 18.4 Å². The van der Waals surface area contributed by atoms with Crippen LogP contribution in [0.2, 0.25) is 0 Å². The van der Waals surface area contributed by atoms with Gasteiger partial charge in [0.1, 0.15) is 5.54 Å². The summed E-state index contributed by atoms with van der Waals surface area (Å²) < 4.78 is 0. The fraction of sp³-hybridized carbons (Fsp3) is 0.273. The van der Waals surface area contributed by atoms with E-state index < -0.39 is 17.5 Å². The molecule has 0 amide bonds. The minimum atomic E-state index is -1.37. The van der Waals surface area contributed by atoms with Crippen molar-refractivity contribution >= 4 is 11.9 Å². The maximum atomic E-state index is 11.1. The van der Waals surface area contributed by atoms with Crippen molar-refractivity contribution in [3.63, 3.8) is 0 Å². The van der Waals surface area contributed by atoms with Gasteiger partial charge in [0.2, 0.25) is 0 Å². The minimum Gasteiger partial charge on any atom is -0.480 e. The van der Waals surface area contributed by atoms with E-state index in [9.17, 15) is 9.59 Å². The summed E-state index contributed by atoms with van der Waals surface area (Å²) in [7, 11) is 0. The summed E-state index contributed by atoms with van der Waals surface area (Å²) in [5, 5.41) is 17.9. The molecule has 5 heteroatoms. The van der Waals surface area contributed by atoms with Gasteiger partial charge in [-0.25, -0.2) is 9.59 Å². The molecule has 0 aromatic heterocycles. The van der Waals surface area contributed by atoms with Crippen molar-refractivity contribution in [3.05, 3.63) is 34.9 Å². The molecular formula is C11H11NO4. The normalized spacial score (nSPS) is 22.8. The number of aryl methyl sites for hydroxylation is 1. The van der Waals surface area contributed by atoms with Crippen LogP contribution < -0.4 is 5.73 Å². The lowest BCUT2D eigenvalue weighted by molar-refractivity contribution is -0.143. The van der Waals surface area contributed by atoms with Gasteiger partial charge in [0, 0.05) is 0 Å². The summed E-state index contributed by atoms with van der Waals surface area (Å²) in [6, 6.07) is 4.38. The Balaban J connectivity index is 2.51. The average Bonchev–Trinajstić information content (AvgIpc) is 2.57. The predicted octanol–water partition coefficient (Wildman–Crippen LogP) is 0.570. The second-order valence-electron chi connectivity index (χ2n) is 3.95. The van der Waals surface area contributed by atoms with Crippen molar-refractivity contribution in [2.24, 2.45) is 5.73 Å². The molecule has 5 nitrogen and oxygen atoms in total. The molecule has 2 rings (SSSR count). The highest BCUT2D eigenvalue weighted by Gasteiger charge is 2.42. The third-order valence-corrected chi connectivity index (χ3v) is 3.00. The number of fused-ring (bicyclic) bond motifs is 1. The first-order valence-electron chi connectivity index (χ1n) is 4.84. The molecule has 1 aromatic rings. The predicted molar refractivity (Wildman–Crippen MR) is 55.2 cm³/mol. The highest BCUT2D eigenvalue weighted by atomic mass is 16.4. The van der Waals surface area contributed by atoms with Gasteiger partial charge in [-0.3, -0.25) is 0 Å². The van der Waals surface area contributed by atoms with Gasteiger partial charge in [-0.1, -0.05) is 6.07 Å². The van der Waals surface area contributed by atoms with Gasteiger partial charge in [-0.05, 0) is 36.1 Å². The number of carboxylic acids is 2. The summed E-state index contributed by atoms with van der Waals surface area (Å²) in [4.78, 5) is 21.8. The third kappa shape index (κ3) is 1.37. The second-order valence-corrected chi connectivity index (χ2v) is 3.95. The van der Waals surface area contributed by atoms with Crippen LogP contribution in [-0.4, -0.2) is 22.2 Å². The molecular weight excluding hydrogens is 210 g/mol. The second kappa shape index (κ2) is 3.31. The molecule has 84 valence electrons. The number of benzene rings is 1. The van der Waals surface area contributed by atoms with Gasteiger partial charge in [-0.2, -0.15) is 0 Å². The summed E-state index contributed by atoms with van der Waals surface area (Å²) in [6.45, 7) is 0. The van der Waals surface area contributed by atoms with Crippen LogP contribution in [0.25, 0.3) is 0 Å². The summed E-state index contributed by atoms with van der Waals surface area (Å²) in [5.41, 5.74) is 5.82. The highest BCUT2D eigenvalue weighted by Crippen LogP contribution is 2.35. The van der Waals surface area contributed by atoms with Gasteiger partial charge >= 0.3 is 11.9 Å². The number of hydrogen-bond acceptors (Lipinski definition) is 3. The van der Waals surface area contributed by atoms with E-state index in [1.165, 1.54) is 18.2 Å². The largest absolute Gasteiger partial charge is 0.480 e. The van der Waals surface area contributed by atoms with Gasteiger partial charge in [-0.15, -0.1) is 0 Å². The van der Waals surface area contributed by atoms with Crippen LogP contribution in [0.3, 0.4) is 0 Å². The number of hydrogen-bond donors (Lipinski definition) is 3. The average molecular weight is 221 g/mol. The van der Waals surface area contributed by atoms with Crippen molar-refractivity contribution in [1.29, 1.82) is 0 Å². The summed E-state index contributed by atoms with van der Waals surface area (Å²) >= 11 is 0. The number of nitrogens with two attached hydrogens (primary N) is 1. The standard InChI is InChI=1S/C11H11NO4/c12-11(10(15)16)4-3-6-5-7(9(13)14)1-2-8(6)11/h1-2,5H,3-4,12H2,(H,13,14)(H,15,16)/t11-/m1/s1. The molecule has 0 radical (unpaired) electrons. The number of rotatable bonds is 2. The summed E-state index contributed by atoms with van der Waals surface area (Å²) in [5.74, 6) is -2.10. The lowest BCUT2D eigenvalue weighted by atomic mass is 9.92. The van der Waals surface area contributed by atoms with Crippen LogP contribution in [-0.2, 0) is 16.8 Å². The molecule has 1 aromatic carbocycles. The van der Waals surface area contributed by atoms with Gasteiger partial charge in [0.15, 0.2) is 0 Å². The fourth-order valence-corrected chi connectivity index (χ4v) is 2.06. The first kappa shape index (κ1) is 10.6. The van der Waals surface area contributed by atoms with Gasteiger partial charge in [0.05, 0.1) is 5.56 Å². The SMILES string of the molecule is N[C@]1(C(=O)O)CCc2cc(C(=O)O)ccc21. The molecule has 0 unspecified atom stereocenters. The van der Waals surface area contributed by atoms with Gasteiger partial charge in [0.25, 0.3) is 0 Å². The van der Waals surface area contributed by atoms with Crippen molar-refractivity contribution < 1.29 is 19.8 Å². The van der Waals surface area contributed by atoms with E-state index in [1.807, 2.05) is 0 Å². The number of aromatic carboxylic acids is 1. The molecule has 16 heavy (non-hydrogen) atoms. The molecule has 0 aliphatic heterocycles. The Morgan fingerprint density at radius 3 is 2.56 bits per heavy atom. The summed E-state index contributed by atoms with van der Waals surface area (Å²) in [6.07, 6.45) is 0.806. The van der Waals surface area contributed by atoms with E-state index in [4.69, 9.17) is 15.9 Å². The molecule has 0 bridgehead atoms. The Bertz CT molecular complexity index is 483. The van der Waals surface area contributed by atoms with Crippen LogP contribution in [0.15, 0.2) is 18.2 Å². The molecule has 0 saturated carbocycles. The van der Waals surface area contributed by atoms with Crippen molar-refractivity contribution in [2.75, 3.05) is 0 Å². The lowest BCUT2D eigenvalue weighted by Gasteiger charge is -2.19. The van der Waals surface area contributed by atoms with Crippen molar-refractivity contribution in [1.82, 2.24) is 0 Å². The zero-order chi connectivity index (χ0) is 11.9. The first-order chi connectivity index (χ1) is 7.45. The molecule has 1 aliphatic rings. The Morgan fingerprint density at radius 2 is 2.00 bits per heavy atom. The van der Waals surface area contributed by atoms with E-state index in [0.717, 1.165) is 0 Å². The molecule has 0 heterocycles. The maximum Gasteiger partial charge on any atom is 0.335 e. The quantitative estimate of drug-likeness (QED) is 0.677. The van der Waals surface area contributed by atoms with E-state index in [-0.39, 0.29) is 5.56 Å². The van der Waals surface area contributed by atoms with E-state index >= 15 is 0 Å². The van der Waals surface area contributed by atoms with E-state index in [2.05, 4.69) is 0 Å². The van der Waals surface area contributed by atoms with E-state index in [1.54, 1.807) is 0 Å². The first-order valence-corrected chi connectivity index (χ1v) is 4.84. The molecule has 4 N–H and O–H groups in total. The number of carbonyl (C=O) groups is 2. The Labute approximate surface area is 91.5 Å². The molecule has 1 aliphatic carbocycles. The monoisotopic (exact) mass is 221 g/mol. The van der Waals surface area contributed by atoms with E-state index in [0.29, 0.717) is 24.0 Å². The number of aliphatic carboxylic acids is 1.